The van der Waals surface area contributed by atoms with Gasteiger partial charge in [-0.1, -0.05) is 35.1 Å². The van der Waals surface area contributed by atoms with Crippen molar-refractivity contribution < 1.29 is 37.7 Å². The Morgan fingerprint density at radius 2 is 1.88 bits per heavy atom. The molecule has 1 aliphatic rings. The molecule has 2 heterocycles. The van der Waals surface area contributed by atoms with Crippen LogP contribution in [-0.4, -0.2) is 38.3 Å². The number of carbonyl (C=O) groups excluding carboxylic acids is 1. The van der Waals surface area contributed by atoms with Gasteiger partial charge in [0.15, 0.2) is 10.5 Å². The number of hydrogen-bond acceptors (Lipinski definition) is 10. The maximum atomic E-state index is 14.2. The fourth-order valence-electron chi connectivity index (χ4n) is 3.92. The Bertz CT molecular complexity index is 1780. The highest BCUT2D eigenvalue weighted by molar-refractivity contribution is 7.07. The number of carbonyl (C=O) groups is 1. The predicted molar refractivity (Wildman–Crippen MR) is 134 cm³/mol. The van der Waals surface area contributed by atoms with Crippen molar-refractivity contribution in [2.75, 3.05) is 6.61 Å². The average Bonchev–Trinajstić information content (AvgIpc) is 3.18. The number of alkyl halides is 3. The number of phenols is 1. The van der Waals surface area contributed by atoms with E-state index in [0.29, 0.717) is 17.4 Å². The molecule has 0 radical (unpaired) electrons. The van der Waals surface area contributed by atoms with E-state index in [-0.39, 0.29) is 17.2 Å². The first-order valence-electron chi connectivity index (χ1n) is 11.0. The number of nitro benzene ring substituents is 2. The van der Waals surface area contributed by atoms with E-state index in [2.05, 4.69) is 4.99 Å². The molecule has 0 saturated heterocycles. The summed E-state index contributed by atoms with van der Waals surface area (Å²) in [5.74, 6) is -2.39. The molecule has 17 heteroatoms. The van der Waals surface area contributed by atoms with Crippen molar-refractivity contribution in [1.29, 1.82) is 0 Å². The van der Waals surface area contributed by atoms with Crippen molar-refractivity contribution in [2.45, 2.75) is 19.1 Å². The number of phenolic OH excluding ortho intramolecular Hbond substituents is 1. The minimum absolute atomic E-state index is 0.0469. The summed E-state index contributed by atoms with van der Waals surface area (Å²) >= 11 is 6.33. The maximum absolute atomic E-state index is 14.2. The van der Waals surface area contributed by atoms with E-state index in [9.17, 15) is 48.1 Å². The standard InChI is InChI=1S/C23H14ClF3N4O8S/c1-2-39-21(34)16-17(10-3-5-12(24)6-4-10)29-20(33)15(40-22(29)28-19(16)23(25,26)27)8-11-7-13(30(35)36)9-14(18(11)32)31(37)38/h3-9,17,32H,2H2,1H3/b15-8-/t17-/m1/s1. The highest BCUT2D eigenvalue weighted by Gasteiger charge is 2.45. The number of fused-ring (bicyclic) bond motifs is 1. The summed E-state index contributed by atoms with van der Waals surface area (Å²) in [5, 5.41) is 33.1. The Balaban J connectivity index is 2.08. The van der Waals surface area contributed by atoms with Crippen LogP contribution < -0.4 is 14.9 Å². The molecule has 4 rings (SSSR count). The lowest BCUT2D eigenvalue weighted by Gasteiger charge is -2.26. The fourth-order valence-corrected chi connectivity index (χ4v) is 5.04. The van der Waals surface area contributed by atoms with Gasteiger partial charge in [-0.15, -0.1) is 0 Å². The molecule has 0 spiro atoms. The van der Waals surface area contributed by atoms with Crippen LogP contribution in [0.4, 0.5) is 24.5 Å². The van der Waals surface area contributed by atoms with Gasteiger partial charge in [-0.2, -0.15) is 13.2 Å². The van der Waals surface area contributed by atoms with Crippen LogP contribution in [0.1, 0.15) is 24.1 Å². The predicted octanol–water partition coefficient (Wildman–Crippen LogP) is 3.52. The van der Waals surface area contributed by atoms with Gasteiger partial charge >= 0.3 is 17.8 Å². The molecule has 1 aliphatic heterocycles. The Morgan fingerprint density at radius 1 is 1.23 bits per heavy atom. The zero-order chi connectivity index (χ0) is 29.5. The van der Waals surface area contributed by atoms with Gasteiger partial charge in [-0.3, -0.25) is 29.6 Å². The lowest BCUT2D eigenvalue weighted by atomic mass is 9.95. The molecule has 12 nitrogen and oxygen atoms in total. The van der Waals surface area contributed by atoms with Crippen LogP contribution in [0.3, 0.4) is 0 Å². The van der Waals surface area contributed by atoms with Gasteiger partial charge in [0, 0.05) is 16.7 Å². The monoisotopic (exact) mass is 598 g/mol. The second-order valence-electron chi connectivity index (χ2n) is 8.03. The number of aromatic nitrogens is 1. The third kappa shape index (κ3) is 5.17. The second kappa shape index (κ2) is 10.5. The molecule has 0 bridgehead atoms. The number of halogens is 4. The number of benzene rings is 2. The van der Waals surface area contributed by atoms with Crippen LogP contribution in [0.2, 0.25) is 5.02 Å². The van der Waals surface area contributed by atoms with Crippen molar-refractivity contribution in [2.24, 2.45) is 4.99 Å². The molecule has 0 unspecified atom stereocenters. The minimum atomic E-state index is -5.15. The van der Waals surface area contributed by atoms with E-state index in [4.69, 9.17) is 16.3 Å². The minimum Gasteiger partial charge on any atom is -0.502 e. The first-order chi connectivity index (χ1) is 18.7. The molecule has 40 heavy (non-hydrogen) atoms. The van der Waals surface area contributed by atoms with Crippen LogP contribution in [0.5, 0.6) is 5.75 Å². The van der Waals surface area contributed by atoms with Gasteiger partial charge in [0.1, 0.15) is 0 Å². The summed E-state index contributed by atoms with van der Waals surface area (Å²) in [6.45, 7) is 1.10. The molecule has 0 fully saturated rings. The number of nitro groups is 2. The Labute approximate surface area is 228 Å². The van der Waals surface area contributed by atoms with Crippen LogP contribution in [0, 0.1) is 20.2 Å². The molecular formula is C23H14ClF3N4O8S. The third-order valence-corrected chi connectivity index (χ3v) is 6.81. The molecule has 0 saturated carbocycles. The number of ether oxygens (including phenoxy) is 1. The average molecular weight is 599 g/mol. The van der Waals surface area contributed by atoms with E-state index in [1.54, 1.807) is 0 Å². The summed E-state index contributed by atoms with van der Waals surface area (Å²) in [4.78, 5) is 49.9. The third-order valence-electron chi connectivity index (χ3n) is 5.58. The summed E-state index contributed by atoms with van der Waals surface area (Å²) in [6.07, 6.45) is -4.31. The molecular weight excluding hydrogens is 585 g/mol. The largest absolute Gasteiger partial charge is 0.502 e. The van der Waals surface area contributed by atoms with Gasteiger partial charge in [-0.25, -0.2) is 9.79 Å². The van der Waals surface area contributed by atoms with E-state index in [1.165, 1.54) is 31.2 Å². The van der Waals surface area contributed by atoms with Crippen LogP contribution in [0.25, 0.3) is 6.08 Å². The highest BCUT2D eigenvalue weighted by Crippen LogP contribution is 2.39. The number of nitrogens with zero attached hydrogens (tertiary/aromatic N) is 4. The van der Waals surface area contributed by atoms with Crippen molar-refractivity contribution in [1.82, 2.24) is 4.57 Å². The van der Waals surface area contributed by atoms with Crippen molar-refractivity contribution >= 4 is 46.4 Å². The molecule has 1 N–H and O–H groups in total. The normalized spacial score (nSPS) is 15.4. The smallest absolute Gasteiger partial charge is 0.434 e. The highest BCUT2D eigenvalue weighted by atomic mass is 35.5. The van der Waals surface area contributed by atoms with Gasteiger partial charge in [-0.05, 0) is 30.7 Å². The van der Waals surface area contributed by atoms with Gasteiger partial charge < -0.3 is 9.84 Å². The maximum Gasteiger partial charge on any atom is 0.434 e. The van der Waals surface area contributed by atoms with Crippen LogP contribution >= 0.6 is 22.9 Å². The molecule has 0 aliphatic carbocycles. The number of non-ortho nitro benzene ring substituents is 1. The lowest BCUT2D eigenvalue weighted by molar-refractivity contribution is -0.394. The summed E-state index contributed by atoms with van der Waals surface area (Å²) in [5.41, 5.74) is -5.86. The summed E-state index contributed by atoms with van der Waals surface area (Å²) < 4.78 is 47.7. The van der Waals surface area contributed by atoms with Gasteiger partial charge in [0.2, 0.25) is 5.75 Å². The second-order valence-corrected chi connectivity index (χ2v) is 9.48. The molecule has 1 atom stereocenters. The van der Waals surface area contributed by atoms with Crippen molar-refractivity contribution in [3.8, 4) is 5.75 Å². The lowest BCUT2D eigenvalue weighted by Crippen LogP contribution is -2.41. The number of allylic oxidation sites excluding steroid dienone is 1. The van der Waals surface area contributed by atoms with Crippen LogP contribution in [-0.2, 0) is 9.53 Å². The zero-order valence-electron chi connectivity index (χ0n) is 19.8. The van der Waals surface area contributed by atoms with E-state index < -0.39 is 76.9 Å². The first-order valence-corrected chi connectivity index (χ1v) is 12.2. The Morgan fingerprint density at radius 3 is 2.42 bits per heavy atom. The zero-order valence-corrected chi connectivity index (χ0v) is 21.4. The number of rotatable bonds is 6. The Kier molecular flexibility index (Phi) is 7.49. The number of aromatic hydroxyl groups is 1. The van der Waals surface area contributed by atoms with Gasteiger partial charge in [0.25, 0.3) is 11.2 Å². The number of esters is 1. The van der Waals surface area contributed by atoms with Crippen LogP contribution in [0.15, 0.2) is 57.5 Å². The van der Waals surface area contributed by atoms with Crippen molar-refractivity contribution in [3.05, 3.63) is 104 Å². The Hall–Kier alpha value is -4.57. The summed E-state index contributed by atoms with van der Waals surface area (Å²) in [7, 11) is 0. The van der Waals surface area contributed by atoms with E-state index in [1.807, 2.05) is 0 Å². The quantitative estimate of drug-likeness (QED) is 0.255. The van der Waals surface area contributed by atoms with E-state index in [0.717, 1.165) is 16.7 Å². The van der Waals surface area contributed by atoms with Gasteiger partial charge in [0.05, 0.1) is 38.7 Å². The summed E-state index contributed by atoms with van der Waals surface area (Å²) in [6, 6.07) is 4.86. The molecule has 2 aromatic carbocycles. The molecule has 208 valence electrons. The first kappa shape index (κ1) is 28.4. The molecule has 0 amide bonds. The molecule has 3 aromatic rings. The fraction of sp³-hybridized carbons (Fsp3) is 0.174. The van der Waals surface area contributed by atoms with E-state index >= 15 is 0 Å². The number of thiazole rings is 1. The molecule has 1 aromatic heterocycles. The van der Waals surface area contributed by atoms with Crippen molar-refractivity contribution in [3.63, 3.8) is 0 Å². The topological polar surface area (TPSA) is 167 Å². The number of hydrogen-bond donors (Lipinski definition) is 1. The SMILES string of the molecule is CCOC(=O)C1=C(C(F)(F)F)N=c2s/c(=C\c3cc([N+](=O)[O-])cc([N+](=O)[O-])c3O)c(=O)n2[C@@H]1c1ccc(Cl)cc1.